The van der Waals surface area contributed by atoms with Crippen LogP contribution in [0.2, 0.25) is 0 Å². The maximum absolute atomic E-state index is 11.1. The molecule has 0 amide bonds. The summed E-state index contributed by atoms with van der Waals surface area (Å²) >= 11 is 0. The molecule has 4 atom stereocenters. The highest BCUT2D eigenvalue weighted by Crippen LogP contribution is 2.59. The molecule has 0 aromatic heterocycles. The summed E-state index contributed by atoms with van der Waals surface area (Å²) in [6.45, 7) is 0. The molecule has 0 spiro atoms. The zero-order valence-corrected chi connectivity index (χ0v) is 6.05. The van der Waals surface area contributed by atoms with Crippen molar-refractivity contribution >= 4 is 5.78 Å². The van der Waals surface area contributed by atoms with Gasteiger partial charge in [-0.05, 0) is 37.0 Å². The van der Waals surface area contributed by atoms with E-state index in [1.54, 1.807) is 0 Å². The third-order valence-electron chi connectivity index (χ3n) is 3.90. The van der Waals surface area contributed by atoms with E-state index in [1.165, 1.54) is 19.3 Å². The molecule has 3 saturated carbocycles. The molecule has 3 fully saturated rings. The van der Waals surface area contributed by atoms with Gasteiger partial charge >= 0.3 is 0 Å². The lowest BCUT2D eigenvalue weighted by Crippen LogP contribution is -2.41. The lowest BCUT2D eigenvalue weighted by molar-refractivity contribution is -0.136. The number of hydrogen-bond acceptors (Lipinski definition) is 1. The van der Waals surface area contributed by atoms with Gasteiger partial charge in [-0.2, -0.15) is 0 Å². The molecular weight excluding hydrogens is 124 g/mol. The van der Waals surface area contributed by atoms with Gasteiger partial charge in [-0.25, -0.2) is 0 Å². The molecule has 0 aliphatic heterocycles. The monoisotopic (exact) mass is 136 g/mol. The van der Waals surface area contributed by atoms with Crippen LogP contribution in [0.3, 0.4) is 0 Å². The molecule has 0 unspecified atom stereocenters. The minimum atomic E-state index is 0.554. The molecule has 0 radical (unpaired) electrons. The number of ketones is 1. The highest BCUT2D eigenvalue weighted by atomic mass is 16.1. The second kappa shape index (κ2) is 1.46. The minimum absolute atomic E-state index is 0.554. The first-order valence-corrected chi connectivity index (χ1v) is 4.39. The second-order valence-corrected chi connectivity index (χ2v) is 4.19. The van der Waals surface area contributed by atoms with Crippen LogP contribution >= 0.6 is 0 Å². The summed E-state index contributed by atoms with van der Waals surface area (Å²) in [7, 11) is 0. The van der Waals surface area contributed by atoms with E-state index in [2.05, 4.69) is 0 Å². The van der Waals surface area contributed by atoms with Gasteiger partial charge in [-0.1, -0.05) is 0 Å². The quantitative estimate of drug-likeness (QED) is 0.494. The van der Waals surface area contributed by atoms with E-state index < -0.39 is 0 Å². The fourth-order valence-corrected chi connectivity index (χ4v) is 3.41. The van der Waals surface area contributed by atoms with Crippen molar-refractivity contribution in [3.63, 3.8) is 0 Å². The van der Waals surface area contributed by atoms with Crippen molar-refractivity contribution in [2.45, 2.75) is 25.7 Å². The fraction of sp³-hybridized carbons (Fsp3) is 0.889. The Kier molecular flexibility index (Phi) is 0.781. The van der Waals surface area contributed by atoms with Crippen molar-refractivity contribution in [2.75, 3.05) is 0 Å². The van der Waals surface area contributed by atoms with Gasteiger partial charge in [0.05, 0.1) is 0 Å². The first kappa shape index (κ1) is 5.34. The summed E-state index contributed by atoms with van der Waals surface area (Å²) in [6.07, 6.45) is 5.11. The summed E-state index contributed by atoms with van der Waals surface area (Å²) in [5, 5.41) is 0. The van der Waals surface area contributed by atoms with Crippen LogP contribution in [0.1, 0.15) is 25.7 Å². The van der Waals surface area contributed by atoms with Crippen LogP contribution in [0, 0.1) is 23.7 Å². The van der Waals surface area contributed by atoms with E-state index in [-0.39, 0.29) is 0 Å². The molecule has 0 saturated heterocycles. The van der Waals surface area contributed by atoms with Gasteiger partial charge in [0.1, 0.15) is 5.78 Å². The second-order valence-electron chi connectivity index (χ2n) is 4.19. The zero-order valence-electron chi connectivity index (χ0n) is 6.05. The molecule has 0 aromatic carbocycles. The number of fused-ring (bicyclic) bond motifs is 5. The van der Waals surface area contributed by atoms with E-state index in [9.17, 15) is 4.79 Å². The number of rotatable bonds is 0. The van der Waals surface area contributed by atoms with Crippen LogP contribution in [0.15, 0.2) is 0 Å². The standard InChI is InChI=1S/C9H12O/c10-8-4-7-5-1-2-6(3-5)9(7)8/h5-7,9H,1-4H2/t5-,6-,7-,9+/m0/s1. The van der Waals surface area contributed by atoms with Crippen molar-refractivity contribution in [3.05, 3.63) is 0 Å². The van der Waals surface area contributed by atoms with Crippen molar-refractivity contribution in [3.8, 4) is 0 Å². The molecule has 10 heavy (non-hydrogen) atoms. The summed E-state index contributed by atoms with van der Waals surface area (Å²) in [5.74, 6) is 3.78. The van der Waals surface area contributed by atoms with Crippen molar-refractivity contribution in [1.82, 2.24) is 0 Å². The lowest BCUT2D eigenvalue weighted by atomic mass is 9.65. The minimum Gasteiger partial charge on any atom is -0.299 e. The molecule has 0 heterocycles. The smallest absolute Gasteiger partial charge is 0.136 e. The van der Waals surface area contributed by atoms with Crippen LogP contribution in [0.5, 0.6) is 0 Å². The molecule has 3 aliphatic rings. The Morgan fingerprint density at radius 3 is 2.60 bits per heavy atom. The molecule has 1 heteroatoms. The number of carbonyl (C=O) groups is 1. The molecule has 1 nitrogen and oxygen atoms in total. The van der Waals surface area contributed by atoms with Gasteiger partial charge in [0.25, 0.3) is 0 Å². The first-order valence-electron chi connectivity index (χ1n) is 4.39. The molecule has 0 N–H and O–H groups in total. The highest BCUT2D eigenvalue weighted by Gasteiger charge is 2.56. The van der Waals surface area contributed by atoms with E-state index in [0.29, 0.717) is 11.7 Å². The normalized spacial score (nSPS) is 56.6. The maximum Gasteiger partial charge on any atom is 0.136 e. The van der Waals surface area contributed by atoms with Crippen LogP contribution in [-0.4, -0.2) is 5.78 Å². The lowest BCUT2D eigenvalue weighted by Gasteiger charge is -2.38. The third-order valence-corrected chi connectivity index (χ3v) is 3.90. The van der Waals surface area contributed by atoms with Crippen molar-refractivity contribution in [2.24, 2.45) is 23.7 Å². The predicted octanol–water partition coefficient (Wildman–Crippen LogP) is 1.62. The van der Waals surface area contributed by atoms with Gasteiger partial charge in [0, 0.05) is 12.3 Å². The number of Topliss-reactive ketones (excluding diaryl/α,β-unsaturated/α-hetero) is 1. The van der Waals surface area contributed by atoms with Crippen LogP contribution in [0.25, 0.3) is 0 Å². The Balaban J connectivity index is 1.95. The van der Waals surface area contributed by atoms with E-state index >= 15 is 0 Å². The predicted molar refractivity (Wildman–Crippen MR) is 37.4 cm³/mol. The van der Waals surface area contributed by atoms with Gasteiger partial charge in [-0.3, -0.25) is 4.79 Å². The zero-order chi connectivity index (χ0) is 6.72. The molecule has 3 rings (SSSR count). The topological polar surface area (TPSA) is 17.1 Å². The Morgan fingerprint density at radius 2 is 2.00 bits per heavy atom. The average molecular weight is 136 g/mol. The van der Waals surface area contributed by atoms with Crippen LogP contribution in [0.4, 0.5) is 0 Å². The number of carbonyl (C=O) groups excluding carboxylic acids is 1. The van der Waals surface area contributed by atoms with Crippen LogP contribution < -0.4 is 0 Å². The highest BCUT2D eigenvalue weighted by molar-refractivity contribution is 5.88. The van der Waals surface area contributed by atoms with Gasteiger partial charge in [0.2, 0.25) is 0 Å². The van der Waals surface area contributed by atoms with E-state index in [4.69, 9.17) is 0 Å². The van der Waals surface area contributed by atoms with Crippen molar-refractivity contribution in [1.29, 1.82) is 0 Å². The maximum atomic E-state index is 11.1. The van der Waals surface area contributed by atoms with Gasteiger partial charge in [-0.15, -0.1) is 0 Å². The van der Waals surface area contributed by atoms with Crippen LogP contribution in [-0.2, 0) is 4.79 Å². The first-order chi connectivity index (χ1) is 4.86. The third kappa shape index (κ3) is 0.415. The largest absolute Gasteiger partial charge is 0.299 e. The van der Waals surface area contributed by atoms with E-state index in [0.717, 1.165) is 24.2 Å². The van der Waals surface area contributed by atoms with Gasteiger partial charge < -0.3 is 0 Å². The Morgan fingerprint density at radius 1 is 1.20 bits per heavy atom. The molecule has 2 bridgehead atoms. The molecular formula is C9H12O. The summed E-state index contributed by atoms with van der Waals surface area (Å²) in [5.41, 5.74) is 0. The average Bonchev–Trinajstić information content (AvgIpc) is 2.40. The molecule has 3 aliphatic carbocycles. The molecule has 54 valence electrons. The SMILES string of the molecule is O=C1C[C@H]2[C@H]3CC[C@@H](C3)[C@@H]12. The summed E-state index contributed by atoms with van der Waals surface area (Å²) in [6, 6.07) is 0. The van der Waals surface area contributed by atoms with Crippen molar-refractivity contribution < 1.29 is 4.79 Å². The Hall–Kier alpha value is -0.330. The molecule has 0 aromatic rings. The Bertz CT molecular complexity index is 195. The summed E-state index contributed by atoms with van der Waals surface area (Å²) in [4.78, 5) is 11.1. The van der Waals surface area contributed by atoms with Gasteiger partial charge in [0.15, 0.2) is 0 Å². The summed E-state index contributed by atoms with van der Waals surface area (Å²) < 4.78 is 0. The number of hydrogen-bond donors (Lipinski definition) is 0. The fourth-order valence-electron chi connectivity index (χ4n) is 3.41. The Labute approximate surface area is 60.8 Å². The van der Waals surface area contributed by atoms with E-state index in [1.807, 2.05) is 0 Å².